The number of nitrogens with one attached hydrogen (secondary N) is 1. The Balaban J connectivity index is 2.49. The number of ether oxygens (including phenoxy) is 2. The molecule has 0 saturated carbocycles. The number of halogens is 1. The fourth-order valence-corrected chi connectivity index (χ4v) is 4.29. The molecule has 0 aliphatic carbocycles. The number of hydrogen-bond donors (Lipinski definition) is 1. The Morgan fingerprint density at radius 3 is 2.31 bits per heavy atom. The van der Waals surface area contributed by atoms with Crippen molar-refractivity contribution in [2.24, 2.45) is 0 Å². The van der Waals surface area contributed by atoms with E-state index >= 15 is 0 Å². The number of nitrogens with zero attached hydrogens (tertiary/aromatic N) is 2. The third-order valence-electron chi connectivity index (χ3n) is 5.80. The average molecular weight is 524 g/mol. The Morgan fingerprint density at radius 1 is 1.08 bits per heavy atom. The van der Waals surface area contributed by atoms with Crippen molar-refractivity contribution < 1.29 is 31.9 Å². The van der Waals surface area contributed by atoms with E-state index in [9.17, 15) is 22.4 Å². The number of rotatable bonds is 12. The van der Waals surface area contributed by atoms with Gasteiger partial charge in [0.25, 0.3) is 0 Å². The molecule has 0 aliphatic heterocycles. The van der Waals surface area contributed by atoms with Crippen molar-refractivity contribution in [3.63, 3.8) is 0 Å². The average Bonchev–Trinajstić information content (AvgIpc) is 2.84. The zero-order valence-electron chi connectivity index (χ0n) is 21.4. The highest BCUT2D eigenvalue weighted by atomic mass is 32.2. The van der Waals surface area contributed by atoms with E-state index in [4.69, 9.17) is 9.47 Å². The molecule has 0 fully saturated rings. The van der Waals surface area contributed by atoms with E-state index < -0.39 is 40.2 Å². The highest BCUT2D eigenvalue weighted by molar-refractivity contribution is 7.92. The maximum absolute atomic E-state index is 14.5. The van der Waals surface area contributed by atoms with Crippen molar-refractivity contribution in [2.75, 3.05) is 31.3 Å². The quantitative estimate of drug-likeness (QED) is 0.459. The van der Waals surface area contributed by atoms with Crippen LogP contribution in [0.3, 0.4) is 0 Å². The Kier molecular flexibility index (Phi) is 10.1. The lowest BCUT2D eigenvalue weighted by molar-refractivity contribution is -0.139. The van der Waals surface area contributed by atoms with Crippen LogP contribution in [-0.2, 0) is 26.2 Å². The second-order valence-corrected chi connectivity index (χ2v) is 10.3. The molecule has 9 nitrogen and oxygen atoms in total. The molecule has 36 heavy (non-hydrogen) atoms. The molecule has 0 radical (unpaired) electrons. The predicted molar refractivity (Wildman–Crippen MR) is 136 cm³/mol. The number of hydrogen-bond acceptors (Lipinski definition) is 6. The van der Waals surface area contributed by atoms with Crippen molar-refractivity contribution in [1.29, 1.82) is 0 Å². The van der Waals surface area contributed by atoms with Gasteiger partial charge in [0.1, 0.15) is 29.9 Å². The van der Waals surface area contributed by atoms with E-state index in [0.717, 1.165) is 10.6 Å². The number of carbonyl (C=O) groups is 2. The normalized spacial score (nSPS) is 12.9. The van der Waals surface area contributed by atoms with Crippen molar-refractivity contribution in [3.05, 3.63) is 53.8 Å². The molecule has 0 aromatic heterocycles. The van der Waals surface area contributed by atoms with Crippen molar-refractivity contribution in [2.45, 2.75) is 45.8 Å². The molecule has 2 aromatic rings. The summed E-state index contributed by atoms with van der Waals surface area (Å²) >= 11 is 0. The molecule has 0 unspecified atom stereocenters. The predicted octanol–water partition coefficient (Wildman–Crippen LogP) is 2.94. The second-order valence-electron chi connectivity index (χ2n) is 8.41. The van der Waals surface area contributed by atoms with Crippen LogP contribution in [0.15, 0.2) is 42.5 Å². The van der Waals surface area contributed by atoms with Gasteiger partial charge in [0, 0.05) is 24.2 Å². The first-order valence-corrected chi connectivity index (χ1v) is 13.3. The molecule has 2 atom stereocenters. The second kappa shape index (κ2) is 12.6. The van der Waals surface area contributed by atoms with Gasteiger partial charge in [0.15, 0.2) is 0 Å². The standard InChI is InChI=1S/C25H34FN3O6S/c1-7-17(2)27-25(31)18(3)28(15-19-10-8-9-11-21(19)26)24(30)16-29(36(6,32)33)22-14-20(34-4)12-13-23(22)35-5/h8-14,17-18H,7,15-16H2,1-6H3,(H,27,31)/t17-,18-/m0/s1. The fourth-order valence-electron chi connectivity index (χ4n) is 3.44. The highest BCUT2D eigenvalue weighted by Gasteiger charge is 2.32. The van der Waals surface area contributed by atoms with Gasteiger partial charge in [0.05, 0.1) is 26.2 Å². The first-order chi connectivity index (χ1) is 16.9. The van der Waals surface area contributed by atoms with E-state index in [0.29, 0.717) is 12.2 Å². The first kappa shape index (κ1) is 28.9. The van der Waals surface area contributed by atoms with Crippen LogP contribution in [0.4, 0.5) is 10.1 Å². The third kappa shape index (κ3) is 7.33. The molecule has 11 heteroatoms. The maximum Gasteiger partial charge on any atom is 0.244 e. The van der Waals surface area contributed by atoms with E-state index in [1.54, 1.807) is 12.1 Å². The molecule has 2 rings (SSSR count). The molecule has 0 saturated heterocycles. The minimum Gasteiger partial charge on any atom is -0.497 e. The van der Waals surface area contributed by atoms with Crippen LogP contribution in [-0.4, -0.2) is 64.2 Å². The molecular weight excluding hydrogens is 489 g/mol. The van der Waals surface area contributed by atoms with Gasteiger partial charge in [-0.1, -0.05) is 25.1 Å². The number of anilines is 1. The highest BCUT2D eigenvalue weighted by Crippen LogP contribution is 2.34. The van der Waals surface area contributed by atoms with E-state index in [1.165, 1.54) is 56.4 Å². The monoisotopic (exact) mass is 523 g/mol. The van der Waals surface area contributed by atoms with Gasteiger partial charge in [-0.25, -0.2) is 12.8 Å². The van der Waals surface area contributed by atoms with Gasteiger partial charge in [-0.3, -0.25) is 13.9 Å². The van der Waals surface area contributed by atoms with Gasteiger partial charge in [-0.2, -0.15) is 0 Å². The van der Waals surface area contributed by atoms with E-state index in [2.05, 4.69) is 5.32 Å². The van der Waals surface area contributed by atoms with E-state index in [1.807, 2.05) is 13.8 Å². The third-order valence-corrected chi connectivity index (χ3v) is 6.93. The Labute approximate surface area is 212 Å². The van der Waals surface area contributed by atoms with Crippen LogP contribution in [0, 0.1) is 5.82 Å². The van der Waals surface area contributed by atoms with Gasteiger partial charge in [-0.15, -0.1) is 0 Å². The van der Waals surface area contributed by atoms with Crippen molar-refractivity contribution in [1.82, 2.24) is 10.2 Å². The summed E-state index contributed by atoms with van der Waals surface area (Å²) in [7, 11) is -1.18. The van der Waals surface area contributed by atoms with Crippen LogP contribution in [0.1, 0.15) is 32.8 Å². The number of sulfonamides is 1. The van der Waals surface area contributed by atoms with Crippen LogP contribution in [0.5, 0.6) is 11.5 Å². The number of methoxy groups -OCH3 is 2. The van der Waals surface area contributed by atoms with Crippen LogP contribution < -0.4 is 19.1 Å². The minimum atomic E-state index is -3.98. The largest absolute Gasteiger partial charge is 0.497 e. The van der Waals surface area contributed by atoms with E-state index in [-0.39, 0.29) is 29.6 Å². The number of amides is 2. The lowest BCUT2D eigenvalue weighted by Gasteiger charge is -2.32. The SMILES string of the molecule is CC[C@H](C)NC(=O)[C@H](C)N(Cc1ccccc1F)C(=O)CN(c1cc(OC)ccc1OC)S(C)(=O)=O. The lowest BCUT2D eigenvalue weighted by atomic mass is 10.1. The smallest absolute Gasteiger partial charge is 0.244 e. The molecule has 0 aliphatic rings. The van der Waals surface area contributed by atoms with Gasteiger partial charge in [0.2, 0.25) is 21.8 Å². The first-order valence-electron chi connectivity index (χ1n) is 11.5. The summed E-state index contributed by atoms with van der Waals surface area (Å²) in [4.78, 5) is 27.7. The summed E-state index contributed by atoms with van der Waals surface area (Å²) in [5, 5.41) is 2.82. The van der Waals surface area contributed by atoms with Crippen LogP contribution in [0.25, 0.3) is 0 Å². The molecule has 0 bridgehead atoms. The molecule has 2 aromatic carbocycles. The molecule has 0 heterocycles. The summed E-state index contributed by atoms with van der Waals surface area (Å²) in [5.41, 5.74) is 0.286. The zero-order valence-corrected chi connectivity index (χ0v) is 22.3. The van der Waals surface area contributed by atoms with Crippen molar-refractivity contribution in [3.8, 4) is 11.5 Å². The Morgan fingerprint density at radius 2 is 1.75 bits per heavy atom. The minimum absolute atomic E-state index is 0.0928. The number of benzene rings is 2. The van der Waals surface area contributed by atoms with Gasteiger partial charge >= 0.3 is 0 Å². The Bertz CT molecular complexity index is 1170. The molecule has 2 amide bonds. The van der Waals surface area contributed by atoms with Crippen LogP contribution >= 0.6 is 0 Å². The maximum atomic E-state index is 14.5. The zero-order chi connectivity index (χ0) is 27.0. The van der Waals surface area contributed by atoms with Crippen LogP contribution in [0.2, 0.25) is 0 Å². The van der Waals surface area contributed by atoms with Gasteiger partial charge < -0.3 is 19.7 Å². The summed E-state index contributed by atoms with van der Waals surface area (Å²) in [6, 6.07) is 9.32. The summed E-state index contributed by atoms with van der Waals surface area (Å²) in [6.07, 6.45) is 1.64. The summed E-state index contributed by atoms with van der Waals surface area (Å²) < 4.78 is 51.4. The number of carbonyl (C=O) groups excluding carboxylic acids is 2. The summed E-state index contributed by atoms with van der Waals surface area (Å²) in [5.74, 6) is -1.10. The topological polar surface area (TPSA) is 105 Å². The Hall–Kier alpha value is -3.34. The lowest BCUT2D eigenvalue weighted by Crippen LogP contribution is -2.52. The van der Waals surface area contributed by atoms with Gasteiger partial charge in [-0.05, 0) is 38.5 Å². The molecule has 0 spiro atoms. The summed E-state index contributed by atoms with van der Waals surface area (Å²) in [6.45, 7) is 4.38. The molecule has 198 valence electrons. The molecule has 1 N–H and O–H groups in total. The van der Waals surface area contributed by atoms with Crippen molar-refractivity contribution >= 4 is 27.5 Å². The molecular formula is C25H34FN3O6S. The fraction of sp³-hybridized carbons (Fsp3) is 0.440.